The van der Waals surface area contributed by atoms with Crippen molar-refractivity contribution in [2.24, 2.45) is 0 Å². The molecule has 1 atom stereocenters. The number of para-hydroxylation sites is 1. The molecule has 1 unspecified atom stereocenters. The maximum atomic E-state index is 13.3. The first-order valence-corrected chi connectivity index (χ1v) is 10.3. The van der Waals surface area contributed by atoms with Gasteiger partial charge in [0.1, 0.15) is 18.5 Å². The highest BCUT2D eigenvalue weighted by Crippen LogP contribution is 2.34. The zero-order valence-corrected chi connectivity index (χ0v) is 17.1. The number of ether oxygens (including phenoxy) is 2. The Bertz CT molecular complexity index is 973. The molecule has 0 saturated heterocycles. The molecule has 1 amide bonds. The number of carbonyl (C=O) groups is 1. The molecule has 0 spiro atoms. The summed E-state index contributed by atoms with van der Waals surface area (Å²) in [5, 5.41) is 3.54. The minimum atomic E-state index is -0.259. The maximum absolute atomic E-state index is 13.3. The lowest BCUT2D eigenvalue weighted by molar-refractivity contribution is 0.0666. The van der Waals surface area contributed by atoms with E-state index in [1.165, 1.54) is 0 Å². The van der Waals surface area contributed by atoms with Gasteiger partial charge in [-0.25, -0.2) is 0 Å². The number of fused-ring (bicyclic) bond motifs is 1. The number of hydrogen-bond acceptors (Lipinski definition) is 4. The summed E-state index contributed by atoms with van der Waals surface area (Å²) in [6, 6.07) is 25.6. The number of rotatable bonds is 8. The van der Waals surface area contributed by atoms with Crippen LogP contribution in [0.25, 0.3) is 0 Å². The lowest BCUT2D eigenvalue weighted by atomic mass is 10.0. The van der Waals surface area contributed by atoms with Crippen molar-refractivity contribution in [2.45, 2.75) is 19.6 Å². The molecule has 3 aromatic carbocycles. The van der Waals surface area contributed by atoms with Crippen LogP contribution >= 0.6 is 0 Å². The Morgan fingerprint density at radius 3 is 2.40 bits per heavy atom. The quantitative estimate of drug-likeness (QED) is 0.546. The molecule has 0 bridgehead atoms. The van der Waals surface area contributed by atoms with Crippen molar-refractivity contribution in [3.05, 3.63) is 95.6 Å². The van der Waals surface area contributed by atoms with Crippen molar-refractivity contribution in [3.63, 3.8) is 0 Å². The maximum Gasteiger partial charge on any atom is 0.258 e. The first-order valence-electron chi connectivity index (χ1n) is 10.3. The summed E-state index contributed by atoms with van der Waals surface area (Å²) in [5.74, 6) is 0.811. The number of carbonyl (C=O) groups excluding carboxylic acids is 1. The second-order valence-electron chi connectivity index (χ2n) is 7.13. The minimum absolute atomic E-state index is 0.0234. The van der Waals surface area contributed by atoms with Crippen LogP contribution in [0.5, 0.6) is 5.75 Å². The molecule has 5 nitrogen and oxygen atoms in total. The van der Waals surface area contributed by atoms with Crippen LogP contribution in [0, 0.1) is 0 Å². The van der Waals surface area contributed by atoms with Crippen molar-refractivity contribution in [1.29, 1.82) is 0 Å². The average Bonchev–Trinajstić information content (AvgIpc) is 2.80. The lowest BCUT2D eigenvalue weighted by Gasteiger charge is -2.38. The van der Waals surface area contributed by atoms with Gasteiger partial charge < -0.3 is 19.7 Å². The van der Waals surface area contributed by atoms with Crippen molar-refractivity contribution < 1.29 is 14.3 Å². The fourth-order valence-electron chi connectivity index (χ4n) is 3.61. The number of anilines is 1. The van der Waals surface area contributed by atoms with E-state index in [1.54, 1.807) is 0 Å². The molecule has 4 rings (SSSR count). The smallest absolute Gasteiger partial charge is 0.258 e. The van der Waals surface area contributed by atoms with Crippen LogP contribution in [0.15, 0.2) is 78.9 Å². The number of nitrogens with zero attached hydrogens (tertiary/aromatic N) is 1. The van der Waals surface area contributed by atoms with Crippen molar-refractivity contribution >= 4 is 11.6 Å². The molecular formula is C25H26N2O3. The molecule has 154 valence electrons. The summed E-state index contributed by atoms with van der Waals surface area (Å²) in [5.41, 5.74) is 3.65. The van der Waals surface area contributed by atoms with Gasteiger partial charge in [-0.2, -0.15) is 0 Å². The van der Waals surface area contributed by atoms with Crippen LogP contribution < -0.4 is 10.1 Å². The highest BCUT2D eigenvalue weighted by Gasteiger charge is 2.32. The number of nitrogens with one attached hydrogen (secondary N) is 1. The van der Waals surface area contributed by atoms with Gasteiger partial charge in [0.15, 0.2) is 0 Å². The van der Waals surface area contributed by atoms with Gasteiger partial charge in [0, 0.05) is 18.8 Å². The monoisotopic (exact) mass is 402 g/mol. The summed E-state index contributed by atoms with van der Waals surface area (Å²) < 4.78 is 11.0. The van der Waals surface area contributed by atoms with Crippen molar-refractivity contribution in [3.8, 4) is 5.75 Å². The highest BCUT2D eigenvalue weighted by molar-refractivity contribution is 6.01. The molecule has 0 aliphatic carbocycles. The average molecular weight is 402 g/mol. The molecule has 1 aliphatic heterocycles. The number of amides is 1. The summed E-state index contributed by atoms with van der Waals surface area (Å²) in [6.07, 6.45) is -0.259. The van der Waals surface area contributed by atoms with Gasteiger partial charge in [0.2, 0.25) is 0 Å². The largest absolute Gasteiger partial charge is 0.491 e. The second kappa shape index (κ2) is 9.46. The molecule has 0 radical (unpaired) electrons. The topological polar surface area (TPSA) is 50.8 Å². The third-order valence-electron chi connectivity index (χ3n) is 5.11. The van der Waals surface area contributed by atoms with Crippen LogP contribution in [0.2, 0.25) is 0 Å². The Morgan fingerprint density at radius 1 is 0.900 bits per heavy atom. The molecule has 1 heterocycles. The molecule has 3 aromatic rings. The first kappa shape index (κ1) is 20.0. The number of benzene rings is 3. The Balaban J connectivity index is 1.58. The van der Waals surface area contributed by atoms with Gasteiger partial charge in [-0.3, -0.25) is 4.79 Å². The highest BCUT2D eigenvalue weighted by atomic mass is 16.5. The predicted molar refractivity (Wildman–Crippen MR) is 118 cm³/mol. The van der Waals surface area contributed by atoms with Crippen LogP contribution in [-0.2, 0) is 11.3 Å². The van der Waals surface area contributed by atoms with E-state index in [1.807, 2.05) is 90.7 Å². The number of hydrogen-bond donors (Lipinski definition) is 1. The van der Waals surface area contributed by atoms with Gasteiger partial charge in [-0.05, 0) is 42.3 Å². The van der Waals surface area contributed by atoms with E-state index in [4.69, 9.17) is 9.47 Å². The summed E-state index contributed by atoms with van der Waals surface area (Å²) in [7, 11) is 0. The normalized spacial score (nSPS) is 15.4. The minimum Gasteiger partial charge on any atom is -0.491 e. The van der Waals surface area contributed by atoms with Crippen LogP contribution in [0.3, 0.4) is 0 Å². The fraction of sp³-hybridized carbons (Fsp3) is 0.240. The summed E-state index contributed by atoms with van der Waals surface area (Å²) in [6.45, 7) is 4.26. The Hall–Kier alpha value is -3.31. The van der Waals surface area contributed by atoms with E-state index in [2.05, 4.69) is 5.32 Å². The summed E-state index contributed by atoms with van der Waals surface area (Å²) in [4.78, 5) is 15.2. The second-order valence-corrected chi connectivity index (χ2v) is 7.13. The Morgan fingerprint density at radius 2 is 1.63 bits per heavy atom. The molecule has 5 heteroatoms. The van der Waals surface area contributed by atoms with Gasteiger partial charge in [-0.1, -0.05) is 54.6 Å². The molecule has 0 saturated carbocycles. The Labute approximate surface area is 177 Å². The third-order valence-corrected chi connectivity index (χ3v) is 5.11. The van der Waals surface area contributed by atoms with Gasteiger partial charge in [0.05, 0.1) is 12.2 Å². The van der Waals surface area contributed by atoms with E-state index in [-0.39, 0.29) is 12.1 Å². The van der Waals surface area contributed by atoms with Crippen LogP contribution in [0.4, 0.5) is 5.69 Å². The van der Waals surface area contributed by atoms with Crippen molar-refractivity contribution in [2.75, 3.05) is 25.1 Å². The standard InChI is InChI=1S/C25H26N2O3/c1-2-29-16-17-30-21-14-12-20(13-15-21)24-26-23-11-7-6-10-22(23)25(28)27(24)18-19-8-4-3-5-9-19/h3-15,24,26H,2,16-18H2,1H3. The molecule has 30 heavy (non-hydrogen) atoms. The zero-order valence-electron chi connectivity index (χ0n) is 17.1. The van der Waals surface area contributed by atoms with Gasteiger partial charge >= 0.3 is 0 Å². The molecule has 1 N–H and O–H groups in total. The van der Waals surface area contributed by atoms with Crippen LogP contribution in [-0.4, -0.2) is 30.6 Å². The van der Waals surface area contributed by atoms with Gasteiger partial charge in [-0.15, -0.1) is 0 Å². The molecule has 0 fully saturated rings. The van der Waals surface area contributed by atoms with E-state index >= 15 is 0 Å². The molecular weight excluding hydrogens is 376 g/mol. The zero-order chi connectivity index (χ0) is 20.8. The lowest BCUT2D eigenvalue weighted by Crippen LogP contribution is -2.42. The van der Waals surface area contributed by atoms with Crippen LogP contribution in [0.1, 0.15) is 34.6 Å². The van der Waals surface area contributed by atoms with E-state index in [0.717, 1.165) is 22.6 Å². The first-order chi connectivity index (χ1) is 14.8. The summed E-state index contributed by atoms with van der Waals surface area (Å²) >= 11 is 0. The molecule has 0 aromatic heterocycles. The third kappa shape index (κ3) is 4.47. The molecule has 1 aliphatic rings. The van der Waals surface area contributed by atoms with E-state index in [0.29, 0.717) is 31.9 Å². The van der Waals surface area contributed by atoms with Crippen molar-refractivity contribution in [1.82, 2.24) is 4.90 Å². The van der Waals surface area contributed by atoms with E-state index < -0.39 is 0 Å². The SMILES string of the molecule is CCOCCOc1ccc(C2Nc3ccccc3C(=O)N2Cc2ccccc2)cc1. The van der Waals surface area contributed by atoms with Gasteiger partial charge in [0.25, 0.3) is 5.91 Å². The Kier molecular flexibility index (Phi) is 6.30. The van der Waals surface area contributed by atoms with E-state index in [9.17, 15) is 4.79 Å². The predicted octanol–water partition coefficient (Wildman–Crippen LogP) is 4.87. The fourth-order valence-corrected chi connectivity index (χ4v) is 3.61.